The fourth-order valence-corrected chi connectivity index (χ4v) is 4.95. The average molecular weight is 375 g/mol. The number of carbonyl (C=O) groups excluding carboxylic acids is 1. The number of benzene rings is 1. The van der Waals surface area contributed by atoms with Crippen LogP contribution in [0.25, 0.3) is 10.2 Å². The van der Waals surface area contributed by atoms with Crippen molar-refractivity contribution < 1.29 is 13.2 Å². The van der Waals surface area contributed by atoms with E-state index in [4.69, 9.17) is 0 Å². The largest absolute Gasteiger partial charge is 0.325 e. The molecule has 2 aromatic heterocycles. The van der Waals surface area contributed by atoms with Gasteiger partial charge in [-0.3, -0.25) is 9.52 Å². The first kappa shape index (κ1) is 17.4. The molecule has 0 aliphatic carbocycles. The monoisotopic (exact) mass is 375 g/mol. The van der Waals surface area contributed by atoms with Gasteiger partial charge in [-0.25, -0.2) is 13.4 Å². The van der Waals surface area contributed by atoms with Crippen molar-refractivity contribution in [2.75, 3.05) is 10.0 Å². The summed E-state index contributed by atoms with van der Waals surface area (Å²) in [6.45, 7) is 5.16. The second-order valence-corrected chi connectivity index (χ2v) is 8.20. The Balaban J connectivity index is 2.05. The number of sulfonamides is 1. The fourth-order valence-electron chi connectivity index (χ4n) is 2.66. The molecule has 0 bridgehead atoms. The summed E-state index contributed by atoms with van der Waals surface area (Å²) in [5, 5.41) is 5.07. The lowest BCUT2D eigenvalue weighted by Crippen LogP contribution is -2.16. The van der Waals surface area contributed by atoms with E-state index in [0.717, 1.165) is 21.5 Å². The van der Waals surface area contributed by atoms with Crippen molar-refractivity contribution in [2.24, 2.45) is 0 Å². The zero-order chi connectivity index (χ0) is 18.2. The summed E-state index contributed by atoms with van der Waals surface area (Å²) in [6, 6.07) is 8.20. The number of anilines is 2. The van der Waals surface area contributed by atoms with E-state index in [1.165, 1.54) is 24.3 Å². The number of fused-ring (bicyclic) bond motifs is 1. The number of para-hydroxylation sites is 1. The quantitative estimate of drug-likeness (QED) is 0.728. The maximum atomic E-state index is 12.8. The summed E-state index contributed by atoms with van der Waals surface area (Å²) in [5.74, 6) is -0.334. The van der Waals surface area contributed by atoms with Gasteiger partial charge >= 0.3 is 0 Å². The SMILES string of the molecule is CC(=O)Nc1ccccc1S(=O)(=O)Nc1csc2nc(C)cc(C)c12. The molecule has 25 heavy (non-hydrogen) atoms. The second kappa shape index (κ2) is 6.45. The van der Waals surface area contributed by atoms with Crippen LogP contribution in [0.4, 0.5) is 11.4 Å². The van der Waals surface area contributed by atoms with Crippen molar-refractivity contribution in [3.8, 4) is 0 Å². The van der Waals surface area contributed by atoms with Gasteiger partial charge < -0.3 is 5.32 Å². The van der Waals surface area contributed by atoms with Crippen molar-refractivity contribution in [3.05, 3.63) is 47.0 Å². The van der Waals surface area contributed by atoms with Gasteiger partial charge in [0.15, 0.2) is 0 Å². The topological polar surface area (TPSA) is 88.2 Å². The number of nitrogens with zero attached hydrogens (tertiary/aromatic N) is 1. The Morgan fingerprint density at radius 1 is 1.16 bits per heavy atom. The van der Waals surface area contributed by atoms with Crippen LogP contribution in [-0.2, 0) is 14.8 Å². The van der Waals surface area contributed by atoms with Crippen LogP contribution in [0.2, 0.25) is 0 Å². The van der Waals surface area contributed by atoms with Crippen molar-refractivity contribution in [2.45, 2.75) is 25.7 Å². The predicted molar refractivity (Wildman–Crippen MR) is 101 cm³/mol. The number of hydrogen-bond acceptors (Lipinski definition) is 5. The molecule has 0 spiro atoms. The Morgan fingerprint density at radius 3 is 2.60 bits per heavy atom. The third kappa shape index (κ3) is 3.49. The standard InChI is InChI=1S/C17H17N3O3S2/c1-10-8-11(2)18-17-16(10)14(9-24-17)20-25(22,23)15-7-5-4-6-13(15)19-12(3)21/h4-9,20H,1-3H3,(H,19,21). The van der Waals surface area contributed by atoms with Crippen LogP contribution in [0, 0.1) is 13.8 Å². The Kier molecular flexibility index (Phi) is 4.49. The van der Waals surface area contributed by atoms with E-state index in [1.807, 2.05) is 19.9 Å². The van der Waals surface area contributed by atoms with E-state index in [1.54, 1.807) is 23.6 Å². The minimum Gasteiger partial charge on any atom is -0.325 e. The highest BCUT2D eigenvalue weighted by molar-refractivity contribution is 7.93. The number of rotatable bonds is 4. The van der Waals surface area contributed by atoms with Gasteiger partial charge in [-0.05, 0) is 37.6 Å². The number of aryl methyl sites for hydroxylation is 2. The van der Waals surface area contributed by atoms with Gasteiger partial charge in [0.05, 0.1) is 11.4 Å². The molecule has 0 atom stereocenters. The molecule has 1 amide bonds. The second-order valence-electron chi connectivity index (χ2n) is 5.69. The van der Waals surface area contributed by atoms with E-state index < -0.39 is 10.0 Å². The Labute approximate surface area is 150 Å². The molecule has 130 valence electrons. The first-order valence-electron chi connectivity index (χ1n) is 7.53. The highest BCUT2D eigenvalue weighted by Crippen LogP contribution is 2.34. The minimum atomic E-state index is -3.86. The maximum Gasteiger partial charge on any atom is 0.264 e. The molecular weight excluding hydrogens is 358 g/mol. The highest BCUT2D eigenvalue weighted by Gasteiger charge is 2.21. The lowest BCUT2D eigenvalue weighted by Gasteiger charge is -2.12. The van der Waals surface area contributed by atoms with Crippen LogP contribution in [0.5, 0.6) is 0 Å². The van der Waals surface area contributed by atoms with Crippen molar-refractivity contribution in [3.63, 3.8) is 0 Å². The molecule has 0 fully saturated rings. The van der Waals surface area contributed by atoms with Crippen LogP contribution in [0.15, 0.2) is 40.6 Å². The molecule has 0 aliphatic heterocycles. The third-order valence-corrected chi connectivity index (χ3v) is 5.90. The molecule has 2 N–H and O–H groups in total. The molecule has 8 heteroatoms. The number of nitrogens with one attached hydrogen (secondary N) is 2. The van der Waals surface area contributed by atoms with Crippen molar-refractivity contribution in [1.82, 2.24) is 4.98 Å². The van der Waals surface area contributed by atoms with E-state index in [9.17, 15) is 13.2 Å². The lowest BCUT2D eigenvalue weighted by molar-refractivity contribution is -0.114. The summed E-state index contributed by atoms with van der Waals surface area (Å²) < 4.78 is 28.3. The Hall–Kier alpha value is -2.45. The molecule has 0 radical (unpaired) electrons. The Morgan fingerprint density at radius 2 is 1.88 bits per heavy atom. The number of thiophene rings is 1. The van der Waals surface area contributed by atoms with Gasteiger partial charge in [0.25, 0.3) is 10.0 Å². The van der Waals surface area contributed by atoms with Gasteiger partial charge in [-0.2, -0.15) is 0 Å². The summed E-state index contributed by atoms with van der Waals surface area (Å²) in [6.07, 6.45) is 0. The van der Waals surface area contributed by atoms with Crippen LogP contribution < -0.4 is 10.0 Å². The molecule has 0 unspecified atom stereocenters. The minimum absolute atomic E-state index is 0.0160. The third-order valence-electron chi connectivity index (χ3n) is 3.60. The Bertz CT molecular complexity index is 1070. The van der Waals surface area contributed by atoms with E-state index in [0.29, 0.717) is 5.69 Å². The fraction of sp³-hybridized carbons (Fsp3) is 0.176. The number of aromatic nitrogens is 1. The number of amides is 1. The molecule has 0 saturated carbocycles. The van der Waals surface area contributed by atoms with Gasteiger partial charge in [0.2, 0.25) is 5.91 Å². The zero-order valence-corrected chi connectivity index (χ0v) is 15.6. The van der Waals surface area contributed by atoms with E-state index in [-0.39, 0.29) is 16.5 Å². The summed E-state index contributed by atoms with van der Waals surface area (Å²) in [5.41, 5.74) is 2.57. The van der Waals surface area contributed by atoms with E-state index >= 15 is 0 Å². The van der Waals surface area contributed by atoms with Crippen molar-refractivity contribution in [1.29, 1.82) is 0 Å². The molecule has 0 saturated heterocycles. The number of pyridine rings is 1. The molecule has 6 nitrogen and oxygen atoms in total. The zero-order valence-electron chi connectivity index (χ0n) is 14.0. The van der Waals surface area contributed by atoms with Gasteiger partial charge in [-0.15, -0.1) is 11.3 Å². The normalized spacial score (nSPS) is 11.5. The van der Waals surface area contributed by atoms with Crippen LogP contribution >= 0.6 is 11.3 Å². The first-order valence-corrected chi connectivity index (χ1v) is 9.89. The lowest BCUT2D eigenvalue weighted by atomic mass is 10.2. The summed E-state index contributed by atoms with van der Waals surface area (Å²) in [4.78, 5) is 16.6. The van der Waals surface area contributed by atoms with Gasteiger partial charge in [-0.1, -0.05) is 12.1 Å². The van der Waals surface area contributed by atoms with Gasteiger partial charge in [0, 0.05) is 23.4 Å². The molecule has 1 aromatic carbocycles. The predicted octanol–water partition coefficient (Wildman–Crippen LogP) is 3.67. The molecular formula is C17H17N3O3S2. The maximum absolute atomic E-state index is 12.8. The molecule has 3 rings (SSSR count). The first-order chi connectivity index (χ1) is 11.8. The molecule has 3 aromatic rings. The number of hydrogen-bond donors (Lipinski definition) is 2. The van der Waals surface area contributed by atoms with Crippen LogP contribution in [0.1, 0.15) is 18.2 Å². The van der Waals surface area contributed by atoms with E-state index in [2.05, 4.69) is 15.0 Å². The summed E-state index contributed by atoms with van der Waals surface area (Å²) >= 11 is 1.39. The van der Waals surface area contributed by atoms with Crippen LogP contribution in [0.3, 0.4) is 0 Å². The molecule has 2 heterocycles. The number of carbonyl (C=O) groups is 1. The average Bonchev–Trinajstić information content (AvgIpc) is 2.89. The van der Waals surface area contributed by atoms with Gasteiger partial charge in [0.1, 0.15) is 9.73 Å². The highest BCUT2D eigenvalue weighted by atomic mass is 32.2. The smallest absolute Gasteiger partial charge is 0.264 e. The van der Waals surface area contributed by atoms with Crippen LogP contribution in [-0.4, -0.2) is 19.3 Å². The molecule has 0 aliphatic rings. The summed E-state index contributed by atoms with van der Waals surface area (Å²) in [7, 11) is -3.86. The van der Waals surface area contributed by atoms with Crippen molar-refractivity contribution >= 4 is 48.9 Å².